The Morgan fingerprint density at radius 2 is 1.90 bits per heavy atom. The summed E-state index contributed by atoms with van der Waals surface area (Å²) in [5, 5.41) is 4.75. The molecule has 0 radical (unpaired) electrons. The first-order valence-electron chi connectivity index (χ1n) is 5.93. The quantitative estimate of drug-likeness (QED) is 0.630. The Balaban J connectivity index is 2.23. The molecule has 3 rings (SSSR count). The van der Waals surface area contributed by atoms with Gasteiger partial charge in [0.2, 0.25) is 5.88 Å². The number of nitrogens with zero attached hydrogens (tertiary/aromatic N) is 1. The van der Waals surface area contributed by atoms with Crippen LogP contribution >= 0.6 is 34.2 Å². The molecule has 2 aromatic carbocycles. The number of rotatable bonds is 2. The van der Waals surface area contributed by atoms with Gasteiger partial charge in [0.05, 0.1) is 5.56 Å². The second-order valence-corrected chi connectivity index (χ2v) is 5.86. The summed E-state index contributed by atoms with van der Waals surface area (Å²) in [7, 11) is 0. The van der Waals surface area contributed by atoms with Crippen molar-refractivity contribution in [2.75, 3.05) is 5.73 Å². The van der Waals surface area contributed by atoms with Crippen molar-refractivity contribution in [3.05, 3.63) is 57.1 Å². The summed E-state index contributed by atoms with van der Waals surface area (Å²) in [4.78, 5) is 0. The van der Waals surface area contributed by atoms with Crippen LogP contribution in [-0.2, 0) is 0 Å². The SMILES string of the molecule is Nc1onc(-c2ccccc2I)c1-c1cccc(Cl)c1. The Labute approximate surface area is 134 Å². The molecule has 3 aromatic rings. The fraction of sp³-hybridized carbons (Fsp3) is 0. The van der Waals surface area contributed by atoms with Crippen molar-refractivity contribution in [1.29, 1.82) is 0 Å². The first kappa shape index (κ1) is 13.5. The maximum Gasteiger partial charge on any atom is 0.230 e. The topological polar surface area (TPSA) is 52.0 Å². The third kappa shape index (κ3) is 2.41. The van der Waals surface area contributed by atoms with E-state index in [9.17, 15) is 0 Å². The molecule has 5 heteroatoms. The van der Waals surface area contributed by atoms with Crippen LogP contribution in [0.1, 0.15) is 0 Å². The van der Waals surface area contributed by atoms with E-state index in [0.29, 0.717) is 10.9 Å². The van der Waals surface area contributed by atoms with Crippen LogP contribution in [-0.4, -0.2) is 5.16 Å². The minimum absolute atomic E-state index is 0.293. The largest absolute Gasteiger partial charge is 0.367 e. The molecule has 1 aromatic heterocycles. The molecule has 2 N–H and O–H groups in total. The van der Waals surface area contributed by atoms with Crippen LogP contribution in [0.5, 0.6) is 0 Å². The molecule has 3 nitrogen and oxygen atoms in total. The zero-order valence-electron chi connectivity index (χ0n) is 10.3. The summed E-state index contributed by atoms with van der Waals surface area (Å²) in [6, 6.07) is 15.4. The van der Waals surface area contributed by atoms with Gasteiger partial charge in [-0.25, -0.2) is 0 Å². The van der Waals surface area contributed by atoms with E-state index in [2.05, 4.69) is 27.7 Å². The number of halogens is 2. The number of benzene rings is 2. The van der Waals surface area contributed by atoms with Gasteiger partial charge in [-0.05, 0) is 46.4 Å². The average molecular weight is 397 g/mol. The lowest BCUT2D eigenvalue weighted by Crippen LogP contribution is -1.89. The summed E-state index contributed by atoms with van der Waals surface area (Å²) in [5.41, 5.74) is 9.33. The Bertz CT molecular complexity index is 770. The van der Waals surface area contributed by atoms with Crippen molar-refractivity contribution in [1.82, 2.24) is 5.16 Å². The molecule has 0 amide bonds. The van der Waals surface area contributed by atoms with Crippen LogP contribution in [0.15, 0.2) is 53.1 Å². The summed E-state index contributed by atoms with van der Waals surface area (Å²) >= 11 is 8.32. The fourth-order valence-electron chi connectivity index (χ4n) is 2.06. The maximum absolute atomic E-state index is 6.05. The van der Waals surface area contributed by atoms with E-state index in [0.717, 1.165) is 26.0 Å². The van der Waals surface area contributed by atoms with Crippen LogP contribution in [0.2, 0.25) is 5.02 Å². The van der Waals surface area contributed by atoms with Gasteiger partial charge in [0.1, 0.15) is 5.69 Å². The summed E-state index contributed by atoms with van der Waals surface area (Å²) in [6.45, 7) is 0. The maximum atomic E-state index is 6.05. The minimum Gasteiger partial charge on any atom is -0.367 e. The van der Waals surface area contributed by atoms with E-state index in [-0.39, 0.29) is 0 Å². The lowest BCUT2D eigenvalue weighted by Gasteiger charge is -2.05. The molecule has 0 bridgehead atoms. The average Bonchev–Trinajstić information content (AvgIpc) is 2.81. The number of nitrogens with two attached hydrogens (primary N) is 1. The summed E-state index contributed by atoms with van der Waals surface area (Å²) in [6.07, 6.45) is 0. The fourth-order valence-corrected chi connectivity index (χ4v) is 2.90. The Hall–Kier alpha value is -1.53. The van der Waals surface area contributed by atoms with Crippen LogP contribution in [0.4, 0.5) is 5.88 Å². The molecule has 0 atom stereocenters. The second kappa shape index (κ2) is 5.46. The number of hydrogen-bond donors (Lipinski definition) is 1. The molecule has 0 saturated heterocycles. The van der Waals surface area contributed by atoms with Crippen molar-refractivity contribution < 1.29 is 4.52 Å². The number of anilines is 1. The van der Waals surface area contributed by atoms with Gasteiger partial charge in [-0.3, -0.25) is 0 Å². The molecule has 0 aliphatic heterocycles. The third-order valence-electron chi connectivity index (χ3n) is 2.96. The molecule has 0 aliphatic rings. The van der Waals surface area contributed by atoms with E-state index in [1.807, 2.05) is 48.5 Å². The van der Waals surface area contributed by atoms with E-state index in [1.165, 1.54) is 0 Å². The first-order valence-corrected chi connectivity index (χ1v) is 7.38. The molecule has 20 heavy (non-hydrogen) atoms. The van der Waals surface area contributed by atoms with Crippen LogP contribution < -0.4 is 5.73 Å². The van der Waals surface area contributed by atoms with E-state index in [4.69, 9.17) is 21.9 Å². The van der Waals surface area contributed by atoms with Gasteiger partial charge in [0, 0.05) is 14.2 Å². The molecule has 100 valence electrons. The number of hydrogen-bond acceptors (Lipinski definition) is 3. The Morgan fingerprint density at radius 1 is 1.10 bits per heavy atom. The second-order valence-electron chi connectivity index (χ2n) is 4.26. The predicted molar refractivity (Wildman–Crippen MR) is 89.5 cm³/mol. The number of nitrogen functional groups attached to an aromatic ring is 1. The normalized spacial score (nSPS) is 10.7. The molecule has 0 saturated carbocycles. The van der Waals surface area contributed by atoms with Crippen LogP contribution in [0.25, 0.3) is 22.4 Å². The highest BCUT2D eigenvalue weighted by atomic mass is 127. The van der Waals surface area contributed by atoms with Crippen molar-refractivity contribution in [2.45, 2.75) is 0 Å². The highest BCUT2D eigenvalue weighted by molar-refractivity contribution is 14.1. The van der Waals surface area contributed by atoms with Crippen molar-refractivity contribution >= 4 is 40.1 Å². The zero-order chi connectivity index (χ0) is 14.1. The first-order chi connectivity index (χ1) is 9.66. The molecular weight excluding hydrogens is 387 g/mol. The zero-order valence-corrected chi connectivity index (χ0v) is 13.2. The van der Waals surface area contributed by atoms with Crippen LogP contribution in [0, 0.1) is 3.57 Å². The van der Waals surface area contributed by atoms with E-state index >= 15 is 0 Å². The summed E-state index contributed by atoms with van der Waals surface area (Å²) < 4.78 is 6.27. The molecular formula is C15H10ClIN2O. The molecule has 0 unspecified atom stereocenters. The molecule has 0 aliphatic carbocycles. The van der Waals surface area contributed by atoms with Gasteiger partial charge in [-0.15, -0.1) is 0 Å². The van der Waals surface area contributed by atoms with Gasteiger partial charge in [0.25, 0.3) is 0 Å². The number of aromatic nitrogens is 1. The van der Waals surface area contributed by atoms with Gasteiger partial charge >= 0.3 is 0 Å². The van der Waals surface area contributed by atoms with Gasteiger partial charge in [-0.2, -0.15) is 0 Å². The highest BCUT2D eigenvalue weighted by Crippen LogP contribution is 2.38. The Morgan fingerprint density at radius 3 is 2.65 bits per heavy atom. The van der Waals surface area contributed by atoms with Crippen molar-refractivity contribution in [3.63, 3.8) is 0 Å². The van der Waals surface area contributed by atoms with Gasteiger partial charge in [-0.1, -0.05) is 47.1 Å². The smallest absolute Gasteiger partial charge is 0.230 e. The van der Waals surface area contributed by atoms with Gasteiger partial charge < -0.3 is 10.3 Å². The third-order valence-corrected chi connectivity index (χ3v) is 4.14. The molecule has 0 spiro atoms. The Kier molecular flexibility index (Phi) is 3.67. The lowest BCUT2D eigenvalue weighted by molar-refractivity contribution is 0.439. The van der Waals surface area contributed by atoms with Gasteiger partial charge in [0.15, 0.2) is 0 Å². The molecule has 1 heterocycles. The van der Waals surface area contributed by atoms with E-state index < -0.39 is 0 Å². The van der Waals surface area contributed by atoms with Crippen molar-refractivity contribution in [3.8, 4) is 22.4 Å². The molecule has 0 fully saturated rings. The minimum atomic E-state index is 0.293. The lowest BCUT2D eigenvalue weighted by atomic mass is 10.0. The van der Waals surface area contributed by atoms with E-state index in [1.54, 1.807) is 0 Å². The monoisotopic (exact) mass is 396 g/mol. The predicted octanol–water partition coefficient (Wildman–Crippen LogP) is 4.85. The summed E-state index contributed by atoms with van der Waals surface area (Å²) in [5.74, 6) is 0.293. The van der Waals surface area contributed by atoms with Crippen molar-refractivity contribution in [2.24, 2.45) is 0 Å². The van der Waals surface area contributed by atoms with Crippen LogP contribution in [0.3, 0.4) is 0 Å². The standard InChI is InChI=1S/C15H10ClIN2O/c16-10-5-3-4-9(8-10)13-14(19-20-15(13)18)11-6-1-2-7-12(11)17/h1-8H,18H2. The highest BCUT2D eigenvalue weighted by Gasteiger charge is 2.19.